The van der Waals surface area contributed by atoms with Crippen LogP contribution in [0, 0.1) is 0 Å². The molecule has 0 aliphatic heterocycles. The zero-order chi connectivity index (χ0) is 21.3. The van der Waals surface area contributed by atoms with E-state index < -0.39 is 0 Å². The zero-order valence-corrected chi connectivity index (χ0v) is 18.9. The molecule has 4 nitrogen and oxygen atoms in total. The van der Waals surface area contributed by atoms with Crippen LogP contribution in [0.15, 0.2) is 24.3 Å². The highest BCUT2D eigenvalue weighted by atomic mass is 16.5. The summed E-state index contributed by atoms with van der Waals surface area (Å²) in [4.78, 5) is 12.0. The first-order valence-electron chi connectivity index (χ1n) is 11.4. The van der Waals surface area contributed by atoms with Crippen LogP contribution >= 0.6 is 0 Å². The summed E-state index contributed by atoms with van der Waals surface area (Å²) in [5.74, 6) is 1.13. The fourth-order valence-electron chi connectivity index (χ4n) is 2.82. The van der Waals surface area contributed by atoms with Gasteiger partial charge in [0.15, 0.2) is 11.5 Å². The number of hydrogen-bond acceptors (Lipinski definition) is 4. The van der Waals surface area contributed by atoms with Crippen molar-refractivity contribution in [3.8, 4) is 11.5 Å². The fraction of sp³-hybridized carbons (Fsp3) is 0.640. The minimum absolute atomic E-state index is 0.0841. The minimum Gasteiger partial charge on any atom is -0.490 e. The molecule has 1 rings (SSSR count). The zero-order valence-electron chi connectivity index (χ0n) is 18.9. The van der Waals surface area contributed by atoms with E-state index in [9.17, 15) is 4.79 Å². The number of para-hydroxylation sites is 1. The van der Waals surface area contributed by atoms with E-state index in [1.807, 2.05) is 32.0 Å². The van der Waals surface area contributed by atoms with Crippen molar-refractivity contribution in [1.82, 2.24) is 0 Å². The molecule has 0 saturated heterocycles. The van der Waals surface area contributed by atoms with Crippen LogP contribution < -0.4 is 9.47 Å². The van der Waals surface area contributed by atoms with Crippen molar-refractivity contribution in [2.24, 2.45) is 0 Å². The van der Waals surface area contributed by atoms with Gasteiger partial charge in [-0.3, -0.25) is 0 Å². The number of benzene rings is 1. The topological polar surface area (TPSA) is 44.8 Å². The van der Waals surface area contributed by atoms with Gasteiger partial charge in [-0.15, -0.1) is 0 Å². The van der Waals surface area contributed by atoms with Crippen LogP contribution in [0.4, 0.5) is 0 Å². The number of esters is 1. The molecule has 0 N–H and O–H groups in total. The lowest BCUT2D eigenvalue weighted by atomic mass is 10.1. The van der Waals surface area contributed by atoms with Crippen LogP contribution in [0.3, 0.4) is 0 Å². The maximum atomic E-state index is 12.0. The fourth-order valence-corrected chi connectivity index (χ4v) is 2.82. The van der Waals surface area contributed by atoms with Gasteiger partial charge in [0.1, 0.15) is 0 Å². The van der Waals surface area contributed by atoms with E-state index in [0.717, 1.165) is 37.0 Å². The lowest BCUT2D eigenvalue weighted by Gasteiger charge is -2.15. The highest BCUT2D eigenvalue weighted by molar-refractivity contribution is 5.88. The van der Waals surface area contributed by atoms with Crippen molar-refractivity contribution >= 4 is 12.0 Å². The monoisotopic (exact) mass is 404 g/mol. The van der Waals surface area contributed by atoms with Gasteiger partial charge in [0, 0.05) is 11.6 Å². The first-order valence-corrected chi connectivity index (χ1v) is 11.4. The second-order valence-corrected chi connectivity index (χ2v) is 7.48. The number of carbonyl (C=O) groups is 1. The third kappa shape index (κ3) is 11.0. The second kappa shape index (κ2) is 15.9. The Balaban J connectivity index is 2.82. The van der Waals surface area contributed by atoms with Crippen LogP contribution in [0.2, 0.25) is 0 Å². The van der Waals surface area contributed by atoms with Gasteiger partial charge in [0.2, 0.25) is 0 Å². The summed E-state index contributed by atoms with van der Waals surface area (Å²) in [6.45, 7) is 9.61. The largest absolute Gasteiger partial charge is 0.490 e. The van der Waals surface area contributed by atoms with Gasteiger partial charge < -0.3 is 14.2 Å². The molecule has 1 atom stereocenters. The molecule has 0 spiro atoms. The first kappa shape index (κ1) is 25.1. The predicted molar refractivity (Wildman–Crippen MR) is 121 cm³/mol. The van der Waals surface area contributed by atoms with Crippen LogP contribution in [-0.4, -0.2) is 25.3 Å². The van der Waals surface area contributed by atoms with Gasteiger partial charge >= 0.3 is 5.97 Å². The smallest absolute Gasteiger partial charge is 0.331 e. The summed E-state index contributed by atoms with van der Waals surface area (Å²) in [5, 5.41) is 0. The minimum atomic E-state index is -0.334. The molecule has 0 fully saturated rings. The average molecular weight is 405 g/mol. The molecule has 1 unspecified atom stereocenters. The maximum Gasteiger partial charge on any atom is 0.331 e. The van der Waals surface area contributed by atoms with E-state index in [2.05, 4.69) is 13.8 Å². The predicted octanol–water partition coefficient (Wildman–Crippen LogP) is 6.96. The molecule has 0 heterocycles. The number of ether oxygens (including phenoxy) is 3. The number of rotatable bonds is 16. The average Bonchev–Trinajstić information content (AvgIpc) is 2.72. The van der Waals surface area contributed by atoms with Gasteiger partial charge in [-0.25, -0.2) is 4.79 Å². The van der Waals surface area contributed by atoms with E-state index in [1.54, 1.807) is 6.08 Å². The summed E-state index contributed by atoms with van der Waals surface area (Å²) in [6.07, 6.45) is 13.2. The Morgan fingerprint density at radius 2 is 1.59 bits per heavy atom. The highest BCUT2D eigenvalue weighted by Crippen LogP contribution is 2.33. The normalized spacial score (nSPS) is 12.1. The Hall–Kier alpha value is -1.97. The molecule has 164 valence electrons. The number of hydrogen-bond donors (Lipinski definition) is 0. The Morgan fingerprint density at radius 3 is 2.21 bits per heavy atom. The van der Waals surface area contributed by atoms with Crippen LogP contribution in [0.1, 0.15) is 91.0 Å². The molecular formula is C25H40O4. The summed E-state index contributed by atoms with van der Waals surface area (Å²) >= 11 is 0. The quantitative estimate of drug-likeness (QED) is 0.170. The molecule has 1 aromatic carbocycles. The molecular weight excluding hydrogens is 364 g/mol. The van der Waals surface area contributed by atoms with Gasteiger partial charge in [0.25, 0.3) is 0 Å². The Kier molecular flexibility index (Phi) is 13.7. The molecule has 1 aromatic rings. The van der Waals surface area contributed by atoms with Crippen LogP contribution in [0.5, 0.6) is 11.5 Å². The lowest BCUT2D eigenvalue weighted by Crippen LogP contribution is -2.11. The van der Waals surface area contributed by atoms with E-state index in [0.29, 0.717) is 19.0 Å². The van der Waals surface area contributed by atoms with Crippen LogP contribution in [0.25, 0.3) is 6.08 Å². The molecule has 0 aliphatic rings. The molecule has 0 aliphatic carbocycles. The molecule has 0 saturated carbocycles. The molecule has 0 bridgehead atoms. The summed E-state index contributed by atoms with van der Waals surface area (Å²) in [6, 6.07) is 5.82. The van der Waals surface area contributed by atoms with E-state index in [4.69, 9.17) is 14.2 Å². The summed E-state index contributed by atoms with van der Waals surface area (Å²) < 4.78 is 17.4. The van der Waals surface area contributed by atoms with Crippen molar-refractivity contribution in [2.45, 2.75) is 91.6 Å². The molecule has 0 radical (unpaired) electrons. The van der Waals surface area contributed by atoms with Crippen molar-refractivity contribution in [3.63, 3.8) is 0 Å². The maximum absolute atomic E-state index is 12.0. The van der Waals surface area contributed by atoms with E-state index in [-0.39, 0.29) is 12.1 Å². The first-order chi connectivity index (χ1) is 14.1. The highest BCUT2D eigenvalue weighted by Gasteiger charge is 2.11. The van der Waals surface area contributed by atoms with Gasteiger partial charge in [0.05, 0.1) is 19.3 Å². The SMILES string of the molecule is CCCCCCOc1cccc(C=CC(=O)OC(C)CC)c1OCCCCCC. The number of carbonyl (C=O) groups excluding carboxylic acids is 1. The Morgan fingerprint density at radius 1 is 0.931 bits per heavy atom. The van der Waals surface area contributed by atoms with Gasteiger partial charge in [-0.1, -0.05) is 71.4 Å². The van der Waals surface area contributed by atoms with Crippen molar-refractivity contribution in [2.75, 3.05) is 13.2 Å². The molecule has 4 heteroatoms. The molecule has 0 amide bonds. The third-order valence-corrected chi connectivity index (χ3v) is 4.80. The van der Waals surface area contributed by atoms with E-state index >= 15 is 0 Å². The Labute approximate surface area is 177 Å². The standard InChI is InChI=1S/C25H40O4/c1-5-8-10-12-19-27-23-16-14-15-22(17-18-24(26)29-21(4)7-3)25(23)28-20-13-11-9-6-2/h14-18,21H,5-13,19-20H2,1-4H3. The van der Waals surface area contributed by atoms with Crippen LogP contribution in [-0.2, 0) is 9.53 Å². The third-order valence-electron chi connectivity index (χ3n) is 4.80. The molecule has 0 aromatic heterocycles. The Bertz CT molecular complexity index is 594. The second-order valence-electron chi connectivity index (χ2n) is 7.48. The van der Waals surface area contributed by atoms with Crippen molar-refractivity contribution in [1.29, 1.82) is 0 Å². The lowest BCUT2D eigenvalue weighted by molar-refractivity contribution is -0.142. The summed E-state index contributed by atoms with van der Waals surface area (Å²) in [5.41, 5.74) is 0.840. The summed E-state index contributed by atoms with van der Waals surface area (Å²) in [7, 11) is 0. The van der Waals surface area contributed by atoms with Crippen molar-refractivity contribution < 1.29 is 19.0 Å². The molecule has 29 heavy (non-hydrogen) atoms. The van der Waals surface area contributed by atoms with Gasteiger partial charge in [-0.05, 0) is 38.3 Å². The van der Waals surface area contributed by atoms with E-state index in [1.165, 1.54) is 38.2 Å². The van der Waals surface area contributed by atoms with Crippen molar-refractivity contribution in [3.05, 3.63) is 29.8 Å². The number of unbranched alkanes of at least 4 members (excludes halogenated alkanes) is 6. The van der Waals surface area contributed by atoms with Gasteiger partial charge in [-0.2, -0.15) is 0 Å².